The summed E-state index contributed by atoms with van der Waals surface area (Å²) in [5.74, 6) is 5.74. The van der Waals surface area contributed by atoms with E-state index in [0.717, 1.165) is 10.9 Å². The molecule has 0 saturated heterocycles. The van der Waals surface area contributed by atoms with Gasteiger partial charge in [-0.25, -0.2) is 0 Å². The van der Waals surface area contributed by atoms with Crippen LogP contribution in [0.15, 0.2) is 46.9 Å². The van der Waals surface area contributed by atoms with Crippen molar-refractivity contribution in [2.45, 2.75) is 26.3 Å². The molecule has 1 unspecified atom stereocenters. The van der Waals surface area contributed by atoms with Gasteiger partial charge in [0.15, 0.2) is 0 Å². The van der Waals surface area contributed by atoms with Crippen molar-refractivity contribution < 1.29 is 0 Å². The van der Waals surface area contributed by atoms with E-state index < -0.39 is 0 Å². The average molecular weight is 319 g/mol. The van der Waals surface area contributed by atoms with Gasteiger partial charge in [0.05, 0.1) is 6.04 Å². The van der Waals surface area contributed by atoms with Crippen LogP contribution in [0.2, 0.25) is 0 Å². The van der Waals surface area contributed by atoms with E-state index in [2.05, 4.69) is 71.6 Å². The number of hydrogen-bond donors (Lipinski definition) is 2. The Bertz CT molecular complexity index is 566. The van der Waals surface area contributed by atoms with Crippen molar-refractivity contribution in [3.8, 4) is 0 Å². The molecule has 0 radical (unpaired) electrons. The van der Waals surface area contributed by atoms with Crippen LogP contribution in [0.4, 0.5) is 0 Å². The second kappa shape index (κ2) is 6.33. The van der Waals surface area contributed by atoms with E-state index in [4.69, 9.17) is 5.84 Å². The largest absolute Gasteiger partial charge is 0.271 e. The molecule has 0 aliphatic heterocycles. The first-order valence-corrected chi connectivity index (χ1v) is 7.18. The standard InChI is InChI=1S/C16H19BrN2/c1-11-5-3-6-13(9-11)10-16(19-18)14-7-4-8-15(17)12(14)2/h3-9,16,19H,10,18H2,1-2H3. The SMILES string of the molecule is Cc1cccc(CC(NN)c2cccc(Br)c2C)c1. The van der Waals surface area contributed by atoms with Crippen LogP contribution in [0.3, 0.4) is 0 Å². The zero-order valence-corrected chi connectivity index (χ0v) is 12.9. The first-order valence-electron chi connectivity index (χ1n) is 6.38. The first-order chi connectivity index (χ1) is 9.11. The van der Waals surface area contributed by atoms with Gasteiger partial charge in [0.2, 0.25) is 0 Å². The molecule has 100 valence electrons. The molecule has 3 heteroatoms. The van der Waals surface area contributed by atoms with Gasteiger partial charge in [0.1, 0.15) is 0 Å². The predicted octanol–water partition coefficient (Wildman–Crippen LogP) is 3.81. The highest BCUT2D eigenvalue weighted by Gasteiger charge is 2.14. The van der Waals surface area contributed by atoms with Gasteiger partial charge in [-0.15, -0.1) is 0 Å². The zero-order chi connectivity index (χ0) is 13.8. The topological polar surface area (TPSA) is 38.0 Å². The molecule has 0 bridgehead atoms. The molecule has 0 aliphatic rings. The van der Waals surface area contributed by atoms with Gasteiger partial charge in [-0.1, -0.05) is 57.9 Å². The highest BCUT2D eigenvalue weighted by molar-refractivity contribution is 9.10. The Morgan fingerprint density at radius 3 is 2.58 bits per heavy atom. The number of aryl methyl sites for hydroxylation is 1. The lowest BCUT2D eigenvalue weighted by molar-refractivity contribution is 0.549. The molecular weight excluding hydrogens is 300 g/mol. The molecule has 0 spiro atoms. The zero-order valence-electron chi connectivity index (χ0n) is 11.3. The summed E-state index contributed by atoms with van der Waals surface area (Å²) in [5.41, 5.74) is 7.97. The molecule has 19 heavy (non-hydrogen) atoms. The Balaban J connectivity index is 2.28. The van der Waals surface area contributed by atoms with Crippen LogP contribution < -0.4 is 11.3 Å². The first kappa shape index (κ1) is 14.3. The van der Waals surface area contributed by atoms with Crippen molar-refractivity contribution in [1.29, 1.82) is 0 Å². The number of hydrazine groups is 1. The van der Waals surface area contributed by atoms with Gasteiger partial charge in [0.25, 0.3) is 0 Å². The summed E-state index contributed by atoms with van der Waals surface area (Å²) in [5, 5.41) is 0. The van der Waals surface area contributed by atoms with E-state index in [1.165, 1.54) is 22.3 Å². The second-order valence-corrected chi connectivity index (χ2v) is 5.72. The van der Waals surface area contributed by atoms with E-state index in [0.29, 0.717) is 0 Å². The van der Waals surface area contributed by atoms with Gasteiger partial charge in [-0.05, 0) is 43.0 Å². The fourth-order valence-electron chi connectivity index (χ4n) is 2.34. The van der Waals surface area contributed by atoms with Crippen molar-refractivity contribution in [3.05, 3.63) is 69.2 Å². The van der Waals surface area contributed by atoms with Crippen LogP contribution in [0.1, 0.15) is 28.3 Å². The van der Waals surface area contributed by atoms with Gasteiger partial charge in [0, 0.05) is 4.47 Å². The molecule has 0 heterocycles. The summed E-state index contributed by atoms with van der Waals surface area (Å²) in [7, 11) is 0. The van der Waals surface area contributed by atoms with Crippen molar-refractivity contribution in [1.82, 2.24) is 5.43 Å². The maximum Gasteiger partial charge on any atom is 0.0503 e. The van der Waals surface area contributed by atoms with Gasteiger partial charge in [-0.2, -0.15) is 0 Å². The van der Waals surface area contributed by atoms with E-state index in [-0.39, 0.29) is 6.04 Å². The van der Waals surface area contributed by atoms with Crippen LogP contribution >= 0.6 is 15.9 Å². The molecule has 0 amide bonds. The maximum atomic E-state index is 5.74. The number of benzene rings is 2. The third kappa shape index (κ3) is 3.44. The van der Waals surface area contributed by atoms with Gasteiger partial charge < -0.3 is 0 Å². The summed E-state index contributed by atoms with van der Waals surface area (Å²) >= 11 is 3.57. The van der Waals surface area contributed by atoms with Gasteiger partial charge >= 0.3 is 0 Å². The minimum absolute atomic E-state index is 0.124. The number of rotatable bonds is 4. The van der Waals surface area contributed by atoms with E-state index >= 15 is 0 Å². The lowest BCUT2D eigenvalue weighted by Crippen LogP contribution is -2.30. The summed E-state index contributed by atoms with van der Waals surface area (Å²) in [6, 6.07) is 14.9. The highest BCUT2D eigenvalue weighted by atomic mass is 79.9. The molecule has 0 aliphatic carbocycles. The third-order valence-corrected chi connectivity index (χ3v) is 4.27. The summed E-state index contributed by atoms with van der Waals surface area (Å²) in [6.07, 6.45) is 0.884. The Labute approximate surface area is 123 Å². The fraction of sp³-hybridized carbons (Fsp3) is 0.250. The number of halogens is 1. The molecule has 0 aromatic heterocycles. The lowest BCUT2D eigenvalue weighted by atomic mass is 9.95. The van der Waals surface area contributed by atoms with Crippen LogP contribution in [-0.2, 0) is 6.42 Å². The molecule has 0 saturated carbocycles. The van der Waals surface area contributed by atoms with E-state index in [1.54, 1.807) is 0 Å². The van der Waals surface area contributed by atoms with Crippen LogP contribution in [-0.4, -0.2) is 0 Å². The Morgan fingerprint density at radius 2 is 1.89 bits per heavy atom. The molecule has 1 atom stereocenters. The average Bonchev–Trinajstić information content (AvgIpc) is 2.40. The van der Waals surface area contributed by atoms with Crippen LogP contribution in [0.5, 0.6) is 0 Å². The fourth-order valence-corrected chi connectivity index (χ4v) is 2.72. The number of nitrogens with one attached hydrogen (secondary N) is 1. The van der Waals surface area contributed by atoms with Gasteiger partial charge in [-0.3, -0.25) is 11.3 Å². The van der Waals surface area contributed by atoms with Crippen molar-refractivity contribution >= 4 is 15.9 Å². The predicted molar refractivity (Wildman–Crippen MR) is 83.8 cm³/mol. The lowest BCUT2D eigenvalue weighted by Gasteiger charge is -2.19. The van der Waals surface area contributed by atoms with Crippen LogP contribution in [0, 0.1) is 13.8 Å². The molecular formula is C16H19BrN2. The van der Waals surface area contributed by atoms with Crippen molar-refractivity contribution in [2.24, 2.45) is 5.84 Å². The van der Waals surface area contributed by atoms with Crippen molar-refractivity contribution in [3.63, 3.8) is 0 Å². The minimum Gasteiger partial charge on any atom is -0.271 e. The Hall–Kier alpha value is -1.16. The maximum absolute atomic E-state index is 5.74. The molecule has 2 nitrogen and oxygen atoms in total. The quantitative estimate of drug-likeness (QED) is 0.664. The number of nitrogens with two attached hydrogens (primary N) is 1. The third-order valence-electron chi connectivity index (χ3n) is 3.41. The number of hydrogen-bond acceptors (Lipinski definition) is 2. The summed E-state index contributed by atoms with van der Waals surface area (Å²) in [6.45, 7) is 4.22. The van der Waals surface area contributed by atoms with E-state index in [9.17, 15) is 0 Å². The smallest absolute Gasteiger partial charge is 0.0503 e. The highest BCUT2D eigenvalue weighted by Crippen LogP contribution is 2.26. The molecule has 2 aromatic rings. The van der Waals surface area contributed by atoms with E-state index in [1.807, 2.05) is 6.07 Å². The molecule has 2 rings (SSSR count). The summed E-state index contributed by atoms with van der Waals surface area (Å²) < 4.78 is 1.12. The second-order valence-electron chi connectivity index (χ2n) is 4.87. The molecule has 0 fully saturated rings. The monoisotopic (exact) mass is 318 g/mol. The minimum atomic E-state index is 0.124. The Kier molecular flexibility index (Phi) is 4.75. The normalized spacial score (nSPS) is 12.4. The Morgan fingerprint density at radius 1 is 1.16 bits per heavy atom. The molecule has 2 aromatic carbocycles. The molecule has 3 N–H and O–H groups in total. The van der Waals surface area contributed by atoms with Crippen LogP contribution in [0.25, 0.3) is 0 Å². The van der Waals surface area contributed by atoms with Crippen molar-refractivity contribution in [2.75, 3.05) is 0 Å². The summed E-state index contributed by atoms with van der Waals surface area (Å²) in [4.78, 5) is 0.